The number of hydrogen-bond donors (Lipinski definition) is 2. The Morgan fingerprint density at radius 3 is 3.24 bits per heavy atom. The number of rotatable bonds is 4. The van der Waals surface area contributed by atoms with Crippen molar-refractivity contribution in [1.29, 1.82) is 0 Å². The minimum atomic E-state index is 0.119. The number of aliphatic hydroxyl groups excluding tert-OH is 1. The maximum atomic E-state index is 8.68. The van der Waals surface area contributed by atoms with E-state index in [1.165, 1.54) is 4.88 Å². The maximum Gasteiger partial charge on any atom is 0.165 e. The van der Waals surface area contributed by atoms with Gasteiger partial charge in [-0.15, -0.1) is 11.3 Å². The van der Waals surface area contributed by atoms with Crippen LogP contribution in [0.3, 0.4) is 0 Å². The van der Waals surface area contributed by atoms with Crippen LogP contribution in [-0.2, 0) is 5.75 Å². The van der Waals surface area contributed by atoms with Gasteiger partial charge in [0.25, 0.3) is 0 Å². The molecule has 5 heteroatoms. The van der Waals surface area contributed by atoms with E-state index in [1.807, 2.05) is 17.6 Å². The van der Waals surface area contributed by atoms with Crippen LogP contribution in [0.4, 0.5) is 0 Å². The fourth-order valence-electron chi connectivity index (χ4n) is 1.24. The molecule has 0 saturated heterocycles. The Bertz CT molecular complexity index is 508. The zero-order chi connectivity index (χ0) is 11.9. The zero-order valence-corrected chi connectivity index (χ0v) is 10.8. The minimum Gasteiger partial charge on any atom is -0.395 e. The molecule has 3 nitrogen and oxygen atoms in total. The summed E-state index contributed by atoms with van der Waals surface area (Å²) in [5, 5.41) is 11.6. The number of aliphatic hydroxyl groups is 1. The predicted molar refractivity (Wildman–Crippen MR) is 71.0 cm³/mol. The van der Waals surface area contributed by atoms with Crippen LogP contribution in [0.2, 0.25) is 0 Å². The smallest absolute Gasteiger partial charge is 0.165 e. The second-order valence-electron chi connectivity index (χ2n) is 3.22. The Kier molecular flexibility index (Phi) is 4.68. The van der Waals surface area contributed by atoms with Crippen LogP contribution in [0.25, 0.3) is 0 Å². The van der Waals surface area contributed by atoms with Crippen molar-refractivity contribution in [2.45, 2.75) is 17.3 Å². The molecule has 0 unspecified atom stereocenters. The molecule has 0 radical (unpaired) electrons. The molecule has 2 rings (SSSR count). The van der Waals surface area contributed by atoms with Crippen molar-refractivity contribution >= 4 is 23.1 Å². The van der Waals surface area contributed by atoms with Crippen molar-refractivity contribution in [2.24, 2.45) is 0 Å². The first-order chi connectivity index (χ1) is 8.40. The molecular weight excluding hydrogens is 252 g/mol. The van der Waals surface area contributed by atoms with Crippen LogP contribution < -0.4 is 0 Å². The van der Waals surface area contributed by atoms with Gasteiger partial charge in [0.1, 0.15) is 0 Å². The van der Waals surface area contributed by atoms with Crippen molar-refractivity contribution in [3.8, 4) is 11.8 Å². The van der Waals surface area contributed by atoms with Crippen molar-refractivity contribution < 1.29 is 5.11 Å². The largest absolute Gasteiger partial charge is 0.395 e. The predicted octanol–water partition coefficient (Wildman–Crippen LogP) is 2.50. The normalized spacial score (nSPS) is 9.94. The third kappa shape index (κ3) is 3.63. The molecule has 0 aliphatic rings. The molecule has 17 heavy (non-hydrogen) atoms. The first kappa shape index (κ1) is 12.2. The lowest BCUT2D eigenvalue weighted by molar-refractivity contribution is 0.305. The molecule has 0 amide bonds. The lowest BCUT2D eigenvalue weighted by atomic mass is 10.2. The number of nitrogens with one attached hydrogen (secondary N) is 1. The number of aromatic amines is 1. The van der Waals surface area contributed by atoms with Gasteiger partial charge in [-0.3, -0.25) is 0 Å². The second kappa shape index (κ2) is 6.50. The molecule has 88 valence electrons. The van der Waals surface area contributed by atoms with E-state index in [0.29, 0.717) is 6.42 Å². The molecule has 0 saturated carbocycles. The van der Waals surface area contributed by atoms with Crippen LogP contribution >= 0.6 is 23.1 Å². The minimum absolute atomic E-state index is 0.119. The Morgan fingerprint density at radius 1 is 1.53 bits per heavy atom. The second-order valence-corrected chi connectivity index (χ2v) is 5.18. The van der Waals surface area contributed by atoms with E-state index < -0.39 is 0 Å². The molecule has 2 N–H and O–H groups in total. The van der Waals surface area contributed by atoms with Crippen molar-refractivity contribution in [3.05, 3.63) is 34.3 Å². The summed E-state index contributed by atoms with van der Waals surface area (Å²) >= 11 is 3.37. The highest BCUT2D eigenvalue weighted by Crippen LogP contribution is 2.25. The summed E-state index contributed by atoms with van der Waals surface area (Å²) in [7, 11) is 0. The Hall–Kier alpha value is -1.22. The van der Waals surface area contributed by atoms with Gasteiger partial charge in [-0.1, -0.05) is 23.6 Å². The van der Waals surface area contributed by atoms with Gasteiger partial charge in [0.05, 0.1) is 6.61 Å². The van der Waals surface area contributed by atoms with E-state index in [4.69, 9.17) is 5.11 Å². The summed E-state index contributed by atoms with van der Waals surface area (Å²) in [4.78, 5) is 8.47. The number of hydrogen-bond acceptors (Lipinski definition) is 4. The lowest BCUT2D eigenvalue weighted by Crippen LogP contribution is -1.82. The highest BCUT2D eigenvalue weighted by Gasteiger charge is 2.03. The molecule has 2 aromatic rings. The fourth-order valence-corrected chi connectivity index (χ4v) is 3.01. The van der Waals surface area contributed by atoms with E-state index >= 15 is 0 Å². The van der Waals surface area contributed by atoms with Crippen LogP contribution in [0.5, 0.6) is 0 Å². The van der Waals surface area contributed by atoms with Gasteiger partial charge in [0.2, 0.25) is 0 Å². The molecule has 0 spiro atoms. The highest BCUT2D eigenvalue weighted by atomic mass is 32.2. The van der Waals surface area contributed by atoms with Crippen molar-refractivity contribution in [3.63, 3.8) is 0 Å². The number of aromatic nitrogens is 2. The van der Waals surface area contributed by atoms with Gasteiger partial charge >= 0.3 is 0 Å². The number of H-pyrrole nitrogens is 1. The van der Waals surface area contributed by atoms with E-state index in [1.54, 1.807) is 29.3 Å². The first-order valence-corrected chi connectivity index (χ1v) is 7.05. The number of imidazole rings is 1. The van der Waals surface area contributed by atoms with Crippen LogP contribution in [0, 0.1) is 11.8 Å². The Balaban J connectivity index is 1.97. The Labute approximate surface area is 108 Å². The summed E-state index contributed by atoms with van der Waals surface area (Å²) in [5.74, 6) is 6.90. The monoisotopic (exact) mass is 264 g/mol. The van der Waals surface area contributed by atoms with Gasteiger partial charge < -0.3 is 10.1 Å². The van der Waals surface area contributed by atoms with E-state index in [9.17, 15) is 0 Å². The molecule has 0 aliphatic carbocycles. The standard InChI is InChI=1S/C12H12N2OS2/c15-7-2-1-3-10-4-8-16-11(10)9-17-12-13-5-6-14-12/h4-6,8,15H,2,7,9H2,(H,13,14). The molecule has 0 bridgehead atoms. The van der Waals surface area contributed by atoms with Crippen molar-refractivity contribution in [1.82, 2.24) is 9.97 Å². The first-order valence-electron chi connectivity index (χ1n) is 5.18. The molecular formula is C12H12N2OS2. The van der Waals surface area contributed by atoms with E-state index in [0.717, 1.165) is 16.5 Å². The quantitative estimate of drug-likeness (QED) is 0.659. The molecule has 2 aromatic heterocycles. The van der Waals surface area contributed by atoms with Gasteiger partial charge in [0, 0.05) is 35.0 Å². The summed E-state index contributed by atoms with van der Waals surface area (Å²) in [5.41, 5.74) is 1.06. The zero-order valence-electron chi connectivity index (χ0n) is 9.14. The third-order valence-corrected chi connectivity index (χ3v) is 4.05. The molecule has 0 fully saturated rings. The number of nitrogens with zero attached hydrogens (tertiary/aromatic N) is 1. The Morgan fingerprint density at radius 2 is 2.47 bits per heavy atom. The number of thiophene rings is 1. The average molecular weight is 264 g/mol. The van der Waals surface area contributed by atoms with Gasteiger partial charge in [0.15, 0.2) is 5.16 Å². The SMILES string of the molecule is OCCC#Cc1ccsc1CSc1ncc[nH]1. The summed E-state index contributed by atoms with van der Waals surface area (Å²) in [6, 6.07) is 2.02. The van der Waals surface area contributed by atoms with E-state index in [2.05, 4.69) is 21.8 Å². The maximum absolute atomic E-state index is 8.68. The summed E-state index contributed by atoms with van der Waals surface area (Å²) < 4.78 is 0. The molecule has 2 heterocycles. The molecule has 0 atom stereocenters. The van der Waals surface area contributed by atoms with Gasteiger partial charge in [-0.05, 0) is 11.4 Å². The van der Waals surface area contributed by atoms with Gasteiger partial charge in [-0.25, -0.2) is 4.98 Å². The van der Waals surface area contributed by atoms with Crippen LogP contribution in [0.1, 0.15) is 16.9 Å². The third-order valence-electron chi connectivity index (χ3n) is 2.02. The lowest BCUT2D eigenvalue weighted by Gasteiger charge is -1.96. The van der Waals surface area contributed by atoms with Crippen LogP contribution in [0.15, 0.2) is 29.0 Å². The van der Waals surface area contributed by atoms with Crippen molar-refractivity contribution in [2.75, 3.05) is 6.61 Å². The molecule has 0 aromatic carbocycles. The average Bonchev–Trinajstić information content (AvgIpc) is 2.97. The van der Waals surface area contributed by atoms with E-state index in [-0.39, 0.29) is 6.61 Å². The molecule has 0 aliphatic heterocycles. The topological polar surface area (TPSA) is 48.9 Å². The number of thioether (sulfide) groups is 1. The summed E-state index contributed by atoms with van der Waals surface area (Å²) in [6.45, 7) is 0.119. The highest BCUT2D eigenvalue weighted by molar-refractivity contribution is 7.98. The van der Waals surface area contributed by atoms with Gasteiger partial charge in [-0.2, -0.15) is 0 Å². The fraction of sp³-hybridized carbons (Fsp3) is 0.250. The van der Waals surface area contributed by atoms with Crippen LogP contribution in [-0.4, -0.2) is 21.7 Å². The summed E-state index contributed by atoms with van der Waals surface area (Å²) in [6.07, 6.45) is 4.10.